The maximum Gasteiger partial charge on any atom is 0.227 e. The number of fused-ring (bicyclic) bond motifs is 1. The standard InChI is InChI=1S/C21H20N2O2/c24-21(14-16-6-2-1-3-7-16)23-13-12-18(15-23)25-20-11-10-17-8-4-5-9-19(17)22-20/h1-11,18H,12-15H2. The molecule has 1 aliphatic heterocycles. The Morgan fingerprint density at radius 3 is 2.72 bits per heavy atom. The summed E-state index contributed by atoms with van der Waals surface area (Å²) in [4.78, 5) is 18.9. The highest BCUT2D eigenvalue weighted by Crippen LogP contribution is 2.20. The van der Waals surface area contributed by atoms with E-state index in [4.69, 9.17) is 4.74 Å². The molecule has 2 heterocycles. The first-order chi connectivity index (χ1) is 12.3. The van der Waals surface area contributed by atoms with E-state index < -0.39 is 0 Å². The van der Waals surface area contributed by atoms with E-state index in [0.29, 0.717) is 18.8 Å². The summed E-state index contributed by atoms with van der Waals surface area (Å²) >= 11 is 0. The lowest BCUT2D eigenvalue weighted by atomic mass is 10.1. The molecular formula is C21H20N2O2. The fourth-order valence-corrected chi connectivity index (χ4v) is 3.22. The van der Waals surface area contributed by atoms with Crippen LogP contribution in [-0.2, 0) is 11.2 Å². The minimum atomic E-state index is 0.00776. The highest BCUT2D eigenvalue weighted by Gasteiger charge is 2.27. The van der Waals surface area contributed by atoms with Gasteiger partial charge < -0.3 is 9.64 Å². The van der Waals surface area contributed by atoms with Gasteiger partial charge >= 0.3 is 0 Å². The summed E-state index contributed by atoms with van der Waals surface area (Å²) in [5.41, 5.74) is 1.98. The molecule has 1 atom stereocenters. The molecule has 1 aliphatic rings. The van der Waals surface area contributed by atoms with Gasteiger partial charge in [0.25, 0.3) is 0 Å². The summed E-state index contributed by atoms with van der Waals surface area (Å²) in [6.07, 6.45) is 1.30. The van der Waals surface area contributed by atoms with Crippen molar-refractivity contribution < 1.29 is 9.53 Å². The van der Waals surface area contributed by atoms with Gasteiger partial charge in [-0.25, -0.2) is 4.98 Å². The maximum atomic E-state index is 12.4. The van der Waals surface area contributed by atoms with E-state index in [9.17, 15) is 4.79 Å². The quantitative estimate of drug-likeness (QED) is 0.735. The van der Waals surface area contributed by atoms with Crippen molar-refractivity contribution in [3.05, 3.63) is 72.3 Å². The van der Waals surface area contributed by atoms with Crippen molar-refractivity contribution in [2.24, 2.45) is 0 Å². The lowest BCUT2D eigenvalue weighted by Crippen LogP contribution is -2.32. The number of carbonyl (C=O) groups excluding carboxylic acids is 1. The molecule has 1 fully saturated rings. The van der Waals surface area contributed by atoms with Crippen molar-refractivity contribution in [2.75, 3.05) is 13.1 Å². The van der Waals surface area contributed by atoms with E-state index in [1.54, 1.807) is 0 Å². The lowest BCUT2D eigenvalue weighted by Gasteiger charge is -2.17. The summed E-state index contributed by atoms with van der Waals surface area (Å²) in [5, 5.41) is 1.10. The van der Waals surface area contributed by atoms with Gasteiger partial charge in [-0.2, -0.15) is 0 Å². The Balaban J connectivity index is 1.37. The molecule has 4 nitrogen and oxygen atoms in total. The van der Waals surface area contributed by atoms with Crippen LogP contribution in [0, 0.1) is 0 Å². The van der Waals surface area contributed by atoms with E-state index in [-0.39, 0.29) is 12.0 Å². The third-order valence-corrected chi connectivity index (χ3v) is 4.56. The molecule has 3 aromatic rings. The number of pyridine rings is 1. The summed E-state index contributed by atoms with van der Waals surface area (Å²) < 4.78 is 6.01. The summed E-state index contributed by atoms with van der Waals surface area (Å²) in [7, 11) is 0. The van der Waals surface area contributed by atoms with Gasteiger partial charge in [0.15, 0.2) is 0 Å². The Labute approximate surface area is 147 Å². The first-order valence-corrected chi connectivity index (χ1v) is 8.62. The van der Waals surface area contributed by atoms with Crippen molar-refractivity contribution >= 4 is 16.8 Å². The molecule has 1 unspecified atom stereocenters. The van der Waals surface area contributed by atoms with Crippen LogP contribution in [0.5, 0.6) is 5.88 Å². The fraction of sp³-hybridized carbons (Fsp3) is 0.238. The molecule has 0 aliphatic carbocycles. The predicted octanol–water partition coefficient (Wildman–Crippen LogP) is 3.46. The average Bonchev–Trinajstić information content (AvgIpc) is 3.11. The topological polar surface area (TPSA) is 42.4 Å². The molecule has 0 bridgehead atoms. The number of rotatable bonds is 4. The molecular weight excluding hydrogens is 312 g/mol. The van der Waals surface area contributed by atoms with Gasteiger partial charge in [-0.1, -0.05) is 48.5 Å². The number of carbonyl (C=O) groups is 1. The molecule has 0 saturated carbocycles. The molecule has 0 radical (unpaired) electrons. The molecule has 1 saturated heterocycles. The number of amides is 1. The fourth-order valence-electron chi connectivity index (χ4n) is 3.22. The highest BCUT2D eigenvalue weighted by atomic mass is 16.5. The molecule has 4 heteroatoms. The van der Waals surface area contributed by atoms with Gasteiger partial charge in [-0.05, 0) is 17.7 Å². The molecule has 0 spiro atoms. The van der Waals surface area contributed by atoms with Crippen molar-refractivity contribution in [3.63, 3.8) is 0 Å². The van der Waals surface area contributed by atoms with Crippen molar-refractivity contribution in [3.8, 4) is 5.88 Å². The van der Waals surface area contributed by atoms with E-state index in [2.05, 4.69) is 4.98 Å². The Bertz CT molecular complexity index is 879. The summed E-state index contributed by atoms with van der Waals surface area (Å²) in [6.45, 7) is 1.37. The van der Waals surface area contributed by atoms with E-state index in [0.717, 1.165) is 29.4 Å². The van der Waals surface area contributed by atoms with Crippen LogP contribution in [0.15, 0.2) is 66.7 Å². The first kappa shape index (κ1) is 15.6. The Morgan fingerprint density at radius 2 is 1.84 bits per heavy atom. The number of hydrogen-bond donors (Lipinski definition) is 0. The van der Waals surface area contributed by atoms with Crippen LogP contribution in [0.1, 0.15) is 12.0 Å². The predicted molar refractivity (Wildman–Crippen MR) is 97.5 cm³/mol. The molecule has 126 valence electrons. The zero-order chi connectivity index (χ0) is 17.1. The van der Waals surface area contributed by atoms with Crippen LogP contribution < -0.4 is 4.74 Å². The van der Waals surface area contributed by atoms with Crippen molar-refractivity contribution in [1.29, 1.82) is 0 Å². The highest BCUT2D eigenvalue weighted by molar-refractivity contribution is 5.79. The second kappa shape index (κ2) is 6.93. The molecule has 4 rings (SSSR count). The van der Waals surface area contributed by atoms with E-state index in [1.807, 2.05) is 71.6 Å². The van der Waals surface area contributed by atoms with Crippen LogP contribution in [0.4, 0.5) is 0 Å². The summed E-state index contributed by atoms with van der Waals surface area (Å²) in [6, 6.07) is 21.8. The number of hydrogen-bond acceptors (Lipinski definition) is 3. The first-order valence-electron chi connectivity index (χ1n) is 8.62. The number of aromatic nitrogens is 1. The van der Waals surface area contributed by atoms with Crippen LogP contribution in [0.25, 0.3) is 10.9 Å². The molecule has 1 aromatic heterocycles. The smallest absolute Gasteiger partial charge is 0.227 e. The number of nitrogens with zero attached hydrogens (tertiary/aromatic N) is 2. The number of likely N-dealkylation sites (tertiary alicyclic amines) is 1. The van der Waals surface area contributed by atoms with Gasteiger partial charge in [0.1, 0.15) is 6.10 Å². The van der Waals surface area contributed by atoms with Gasteiger partial charge in [-0.15, -0.1) is 0 Å². The van der Waals surface area contributed by atoms with Gasteiger partial charge in [-0.3, -0.25) is 4.79 Å². The zero-order valence-electron chi connectivity index (χ0n) is 14.0. The van der Waals surface area contributed by atoms with Crippen LogP contribution in [0.2, 0.25) is 0 Å². The third-order valence-electron chi connectivity index (χ3n) is 4.56. The molecule has 0 N–H and O–H groups in total. The molecule has 1 amide bonds. The number of benzene rings is 2. The van der Waals surface area contributed by atoms with Gasteiger partial charge in [0.05, 0.1) is 18.5 Å². The third kappa shape index (κ3) is 3.63. The average molecular weight is 332 g/mol. The zero-order valence-corrected chi connectivity index (χ0v) is 14.0. The number of para-hydroxylation sites is 1. The Hall–Kier alpha value is -2.88. The van der Waals surface area contributed by atoms with Gasteiger partial charge in [0, 0.05) is 24.4 Å². The van der Waals surface area contributed by atoms with Gasteiger partial charge in [0.2, 0.25) is 11.8 Å². The lowest BCUT2D eigenvalue weighted by molar-refractivity contribution is -0.129. The number of ether oxygens (including phenoxy) is 1. The SMILES string of the molecule is O=C(Cc1ccccc1)N1CCC(Oc2ccc3ccccc3n2)C1. The second-order valence-corrected chi connectivity index (χ2v) is 6.37. The normalized spacial score (nSPS) is 17.0. The maximum absolute atomic E-state index is 12.4. The second-order valence-electron chi connectivity index (χ2n) is 6.37. The van der Waals surface area contributed by atoms with Crippen LogP contribution in [0.3, 0.4) is 0 Å². The monoisotopic (exact) mass is 332 g/mol. The molecule has 2 aromatic carbocycles. The van der Waals surface area contributed by atoms with E-state index >= 15 is 0 Å². The minimum Gasteiger partial charge on any atom is -0.472 e. The summed E-state index contributed by atoms with van der Waals surface area (Å²) in [5.74, 6) is 0.782. The Morgan fingerprint density at radius 1 is 1.04 bits per heavy atom. The van der Waals surface area contributed by atoms with Crippen molar-refractivity contribution in [1.82, 2.24) is 9.88 Å². The minimum absolute atomic E-state index is 0.00776. The largest absolute Gasteiger partial charge is 0.472 e. The van der Waals surface area contributed by atoms with Crippen LogP contribution in [-0.4, -0.2) is 35.0 Å². The molecule has 25 heavy (non-hydrogen) atoms. The Kier molecular flexibility index (Phi) is 4.34. The van der Waals surface area contributed by atoms with Crippen molar-refractivity contribution in [2.45, 2.75) is 18.9 Å². The van der Waals surface area contributed by atoms with E-state index in [1.165, 1.54) is 0 Å². The van der Waals surface area contributed by atoms with Crippen LogP contribution >= 0.6 is 0 Å².